The summed E-state index contributed by atoms with van der Waals surface area (Å²) in [5.41, 5.74) is 0. The minimum Gasteiger partial charge on any atom is -0.295 e. The molecule has 3 atom stereocenters. The molecule has 2 rings (SSSR count). The SMILES string of the molecule is CC(C)N1C[C@H]2C[C@@H]1CN2C(C)I. The number of fused-ring (bicyclic) bond motifs is 2. The summed E-state index contributed by atoms with van der Waals surface area (Å²) >= 11 is 2.54. The largest absolute Gasteiger partial charge is 0.295 e. The van der Waals surface area contributed by atoms with E-state index in [0.29, 0.717) is 4.05 Å². The highest BCUT2D eigenvalue weighted by molar-refractivity contribution is 14.1. The van der Waals surface area contributed by atoms with Gasteiger partial charge in [-0.15, -0.1) is 0 Å². The first-order valence-corrected chi connectivity index (χ1v) is 6.49. The van der Waals surface area contributed by atoms with Gasteiger partial charge in [0.05, 0.1) is 4.05 Å². The molecule has 1 unspecified atom stereocenters. The van der Waals surface area contributed by atoms with E-state index in [1.807, 2.05) is 0 Å². The molecule has 0 aromatic heterocycles. The summed E-state index contributed by atoms with van der Waals surface area (Å²) in [6.07, 6.45) is 1.41. The van der Waals surface area contributed by atoms with Crippen molar-refractivity contribution in [1.82, 2.24) is 9.80 Å². The fraction of sp³-hybridized carbons (Fsp3) is 1.00. The standard InChI is InChI=1S/C10H19IN2/c1-7(2)12-5-10-4-9(12)6-13(10)8(3)11/h7-10H,4-6H2,1-3H3/t8?,9-,10-/m1/s1. The molecule has 2 fully saturated rings. The van der Waals surface area contributed by atoms with E-state index in [9.17, 15) is 0 Å². The van der Waals surface area contributed by atoms with Gasteiger partial charge in [-0.1, -0.05) is 22.6 Å². The van der Waals surface area contributed by atoms with Crippen molar-refractivity contribution in [3.63, 3.8) is 0 Å². The maximum Gasteiger partial charge on any atom is 0.0593 e. The first-order valence-electron chi connectivity index (χ1n) is 5.25. The van der Waals surface area contributed by atoms with Crippen LogP contribution < -0.4 is 0 Å². The topological polar surface area (TPSA) is 6.48 Å². The number of halogens is 1. The van der Waals surface area contributed by atoms with Crippen molar-refractivity contribution < 1.29 is 0 Å². The third-order valence-electron chi connectivity index (χ3n) is 3.45. The fourth-order valence-electron chi connectivity index (χ4n) is 2.80. The van der Waals surface area contributed by atoms with E-state index in [1.165, 1.54) is 19.5 Å². The van der Waals surface area contributed by atoms with Crippen LogP contribution in [0.3, 0.4) is 0 Å². The molecule has 2 heterocycles. The molecule has 0 aromatic carbocycles. The molecule has 0 aliphatic carbocycles. The minimum absolute atomic E-state index is 0.710. The van der Waals surface area contributed by atoms with Crippen LogP contribution in [-0.2, 0) is 0 Å². The van der Waals surface area contributed by atoms with E-state index in [1.54, 1.807) is 0 Å². The normalized spacial score (nSPS) is 37.6. The zero-order valence-corrected chi connectivity index (χ0v) is 10.9. The number of hydrogen-bond donors (Lipinski definition) is 0. The Balaban J connectivity index is 1.99. The van der Waals surface area contributed by atoms with Gasteiger partial charge in [-0.05, 0) is 27.2 Å². The molecule has 2 nitrogen and oxygen atoms in total. The van der Waals surface area contributed by atoms with E-state index in [-0.39, 0.29) is 0 Å². The van der Waals surface area contributed by atoms with Crippen molar-refractivity contribution in [2.75, 3.05) is 13.1 Å². The van der Waals surface area contributed by atoms with Gasteiger partial charge in [0.1, 0.15) is 0 Å². The van der Waals surface area contributed by atoms with Crippen LogP contribution >= 0.6 is 22.6 Å². The average Bonchev–Trinajstić information content (AvgIpc) is 2.60. The maximum absolute atomic E-state index is 2.67. The fourth-order valence-corrected chi connectivity index (χ4v) is 3.48. The summed E-state index contributed by atoms with van der Waals surface area (Å²) in [6.45, 7) is 9.54. The van der Waals surface area contributed by atoms with Crippen LogP contribution in [-0.4, -0.2) is 45.1 Å². The van der Waals surface area contributed by atoms with Crippen molar-refractivity contribution in [2.24, 2.45) is 0 Å². The molecule has 13 heavy (non-hydrogen) atoms. The number of piperazine rings is 1. The highest BCUT2D eigenvalue weighted by atomic mass is 127. The zero-order chi connectivity index (χ0) is 9.59. The molecule has 2 aliphatic heterocycles. The van der Waals surface area contributed by atoms with Gasteiger partial charge in [-0.25, -0.2) is 0 Å². The molecule has 0 spiro atoms. The molecular weight excluding hydrogens is 275 g/mol. The van der Waals surface area contributed by atoms with Crippen molar-refractivity contribution >= 4 is 22.6 Å². The van der Waals surface area contributed by atoms with E-state index < -0.39 is 0 Å². The lowest BCUT2D eigenvalue weighted by molar-refractivity contribution is 0.104. The molecular formula is C10H19IN2. The Labute approximate surface area is 94.8 Å². The van der Waals surface area contributed by atoms with Gasteiger partial charge < -0.3 is 0 Å². The molecule has 0 aromatic rings. The molecule has 2 bridgehead atoms. The Bertz CT molecular complexity index is 173. The number of nitrogens with zero attached hydrogens (tertiary/aromatic N) is 2. The second-order valence-electron chi connectivity index (χ2n) is 4.60. The monoisotopic (exact) mass is 294 g/mol. The Kier molecular flexibility index (Phi) is 2.87. The van der Waals surface area contributed by atoms with E-state index in [0.717, 1.165) is 18.1 Å². The number of hydrogen-bond acceptors (Lipinski definition) is 2. The van der Waals surface area contributed by atoms with Gasteiger partial charge >= 0.3 is 0 Å². The predicted octanol–water partition coefficient (Wildman–Crippen LogP) is 1.93. The summed E-state index contributed by atoms with van der Waals surface area (Å²) in [4.78, 5) is 5.32. The molecule has 3 heteroatoms. The summed E-state index contributed by atoms with van der Waals surface area (Å²) in [5, 5.41) is 0. The molecule has 2 aliphatic rings. The minimum atomic E-state index is 0.710. The molecule has 0 N–H and O–H groups in total. The van der Waals surface area contributed by atoms with Crippen LogP contribution in [0.5, 0.6) is 0 Å². The maximum atomic E-state index is 2.67. The molecule has 76 valence electrons. The highest BCUT2D eigenvalue weighted by Gasteiger charge is 2.44. The zero-order valence-electron chi connectivity index (χ0n) is 8.70. The highest BCUT2D eigenvalue weighted by Crippen LogP contribution is 2.34. The van der Waals surface area contributed by atoms with Crippen LogP contribution in [0.1, 0.15) is 27.2 Å². The van der Waals surface area contributed by atoms with E-state index in [2.05, 4.69) is 53.2 Å². The van der Waals surface area contributed by atoms with E-state index in [4.69, 9.17) is 0 Å². The second kappa shape index (κ2) is 3.66. The van der Waals surface area contributed by atoms with Gasteiger partial charge in [-0.3, -0.25) is 9.80 Å². The van der Waals surface area contributed by atoms with Gasteiger partial charge in [0.15, 0.2) is 0 Å². The lowest BCUT2D eigenvalue weighted by Gasteiger charge is -2.37. The van der Waals surface area contributed by atoms with E-state index >= 15 is 0 Å². The quantitative estimate of drug-likeness (QED) is 0.436. The summed E-state index contributed by atoms with van der Waals surface area (Å²) in [6, 6.07) is 2.43. The van der Waals surface area contributed by atoms with Crippen LogP contribution in [0.4, 0.5) is 0 Å². The molecule has 0 saturated carbocycles. The van der Waals surface area contributed by atoms with Crippen molar-refractivity contribution in [2.45, 2.75) is 49.4 Å². The number of alkyl halides is 1. The summed E-state index contributed by atoms with van der Waals surface area (Å²) in [7, 11) is 0. The van der Waals surface area contributed by atoms with Crippen LogP contribution in [0.25, 0.3) is 0 Å². The Morgan fingerprint density at radius 2 is 1.62 bits per heavy atom. The average molecular weight is 294 g/mol. The number of likely N-dealkylation sites (tertiary alicyclic amines) is 2. The van der Waals surface area contributed by atoms with Gasteiger partial charge in [-0.2, -0.15) is 0 Å². The Morgan fingerprint density at radius 3 is 2.00 bits per heavy atom. The summed E-state index contributed by atoms with van der Waals surface area (Å²) in [5.74, 6) is 0. The van der Waals surface area contributed by atoms with Gasteiger partial charge in [0.2, 0.25) is 0 Å². The second-order valence-corrected chi connectivity index (χ2v) is 6.41. The lowest BCUT2D eigenvalue weighted by Crippen LogP contribution is -2.50. The van der Waals surface area contributed by atoms with Gasteiger partial charge in [0.25, 0.3) is 0 Å². The van der Waals surface area contributed by atoms with Crippen LogP contribution in [0.15, 0.2) is 0 Å². The summed E-state index contributed by atoms with van der Waals surface area (Å²) < 4.78 is 0.710. The van der Waals surface area contributed by atoms with Crippen molar-refractivity contribution in [3.05, 3.63) is 0 Å². The lowest BCUT2D eigenvalue weighted by atomic mass is 10.2. The van der Waals surface area contributed by atoms with Crippen molar-refractivity contribution in [3.8, 4) is 0 Å². The molecule has 2 saturated heterocycles. The number of rotatable bonds is 2. The first kappa shape index (κ1) is 10.2. The molecule has 0 amide bonds. The Hall–Kier alpha value is 0.650. The van der Waals surface area contributed by atoms with Crippen LogP contribution in [0.2, 0.25) is 0 Å². The van der Waals surface area contributed by atoms with Crippen LogP contribution in [0, 0.1) is 0 Å². The third kappa shape index (κ3) is 1.75. The van der Waals surface area contributed by atoms with Gasteiger partial charge in [0, 0.05) is 31.2 Å². The smallest absolute Gasteiger partial charge is 0.0593 e. The molecule has 0 radical (unpaired) electrons. The Morgan fingerprint density at radius 1 is 1.08 bits per heavy atom. The van der Waals surface area contributed by atoms with Crippen molar-refractivity contribution in [1.29, 1.82) is 0 Å². The third-order valence-corrected chi connectivity index (χ3v) is 4.16. The first-order chi connectivity index (χ1) is 6.09. The predicted molar refractivity (Wildman–Crippen MR) is 64.2 cm³/mol.